The number of rotatable bonds is 4. The van der Waals surface area contributed by atoms with E-state index in [2.05, 4.69) is 32.6 Å². The van der Waals surface area contributed by atoms with Gasteiger partial charge in [-0.3, -0.25) is 9.89 Å². The smallest absolute Gasteiger partial charge is 0.277 e. The SMILES string of the molecule is CCCc1cc(NC(=O)c2ccc(Cl)nn2)n[nH]1. The molecule has 0 fully saturated rings. The minimum absolute atomic E-state index is 0.194. The molecule has 0 aliphatic heterocycles. The van der Waals surface area contributed by atoms with Crippen molar-refractivity contribution in [3.63, 3.8) is 0 Å². The van der Waals surface area contributed by atoms with Crippen molar-refractivity contribution in [2.75, 3.05) is 5.32 Å². The van der Waals surface area contributed by atoms with Gasteiger partial charge in [0.05, 0.1) is 0 Å². The third-order valence-corrected chi connectivity index (χ3v) is 2.46. The number of carbonyl (C=O) groups is 1. The highest BCUT2D eigenvalue weighted by Crippen LogP contribution is 2.09. The van der Waals surface area contributed by atoms with E-state index < -0.39 is 0 Å². The molecule has 0 aromatic carbocycles. The molecule has 0 bridgehead atoms. The van der Waals surface area contributed by atoms with E-state index in [4.69, 9.17) is 11.6 Å². The van der Waals surface area contributed by atoms with Gasteiger partial charge in [-0.15, -0.1) is 10.2 Å². The molecule has 0 unspecified atom stereocenters. The lowest BCUT2D eigenvalue weighted by Gasteiger charge is -1.99. The Bertz CT molecular complexity index is 537. The van der Waals surface area contributed by atoms with Crippen LogP contribution in [0, 0.1) is 0 Å². The standard InChI is InChI=1S/C11H12ClN5O/c1-2-3-7-6-10(17-14-7)13-11(18)8-4-5-9(12)16-15-8/h4-6H,2-3H2,1H3,(H2,13,14,17,18). The van der Waals surface area contributed by atoms with E-state index in [1.807, 2.05) is 0 Å². The summed E-state index contributed by atoms with van der Waals surface area (Å²) in [6.07, 6.45) is 1.90. The van der Waals surface area contributed by atoms with Gasteiger partial charge >= 0.3 is 0 Å². The Morgan fingerprint density at radius 1 is 1.44 bits per heavy atom. The van der Waals surface area contributed by atoms with Crippen molar-refractivity contribution in [1.29, 1.82) is 0 Å². The number of amides is 1. The molecule has 7 heteroatoms. The van der Waals surface area contributed by atoms with Crippen molar-refractivity contribution < 1.29 is 4.79 Å². The summed E-state index contributed by atoms with van der Waals surface area (Å²) in [6.45, 7) is 2.07. The third kappa shape index (κ3) is 3.04. The molecule has 0 radical (unpaired) electrons. The lowest BCUT2D eigenvalue weighted by molar-refractivity contribution is 0.102. The Kier molecular flexibility index (Phi) is 3.88. The van der Waals surface area contributed by atoms with Crippen molar-refractivity contribution in [3.05, 3.63) is 34.7 Å². The van der Waals surface area contributed by atoms with Gasteiger partial charge in [0.15, 0.2) is 16.7 Å². The topological polar surface area (TPSA) is 83.6 Å². The van der Waals surface area contributed by atoms with Crippen LogP contribution in [0.1, 0.15) is 29.5 Å². The lowest BCUT2D eigenvalue weighted by Crippen LogP contribution is -2.14. The van der Waals surface area contributed by atoms with Crippen LogP contribution >= 0.6 is 11.6 Å². The van der Waals surface area contributed by atoms with E-state index in [-0.39, 0.29) is 16.8 Å². The maximum absolute atomic E-state index is 11.8. The van der Waals surface area contributed by atoms with E-state index in [0.29, 0.717) is 5.82 Å². The number of anilines is 1. The lowest BCUT2D eigenvalue weighted by atomic mass is 10.2. The molecule has 2 rings (SSSR count). The van der Waals surface area contributed by atoms with E-state index in [9.17, 15) is 4.79 Å². The summed E-state index contributed by atoms with van der Waals surface area (Å²) < 4.78 is 0. The minimum atomic E-state index is -0.367. The number of nitrogens with zero attached hydrogens (tertiary/aromatic N) is 3. The summed E-state index contributed by atoms with van der Waals surface area (Å²) in [5.74, 6) is 0.105. The van der Waals surface area contributed by atoms with Gasteiger partial charge in [-0.1, -0.05) is 24.9 Å². The number of hydrogen-bond acceptors (Lipinski definition) is 4. The van der Waals surface area contributed by atoms with Crippen LogP contribution in [0.25, 0.3) is 0 Å². The number of hydrogen-bond donors (Lipinski definition) is 2. The predicted octanol–water partition coefficient (Wildman–Crippen LogP) is 2.06. The van der Waals surface area contributed by atoms with Crippen LogP contribution in [0.4, 0.5) is 5.82 Å². The monoisotopic (exact) mass is 265 g/mol. The number of aromatic nitrogens is 4. The molecule has 0 saturated carbocycles. The highest BCUT2D eigenvalue weighted by molar-refractivity contribution is 6.29. The first-order valence-corrected chi connectivity index (χ1v) is 5.91. The maximum Gasteiger partial charge on any atom is 0.277 e. The third-order valence-electron chi connectivity index (χ3n) is 2.26. The Labute approximate surface area is 109 Å². The molecule has 2 heterocycles. The fraction of sp³-hybridized carbons (Fsp3) is 0.273. The predicted molar refractivity (Wildman–Crippen MR) is 67.6 cm³/mol. The van der Waals surface area contributed by atoms with Gasteiger partial charge < -0.3 is 5.32 Å². The molecule has 2 aromatic heterocycles. The van der Waals surface area contributed by atoms with Crippen molar-refractivity contribution in [2.45, 2.75) is 19.8 Å². The van der Waals surface area contributed by atoms with Gasteiger partial charge in [0, 0.05) is 11.8 Å². The largest absolute Gasteiger partial charge is 0.304 e. The summed E-state index contributed by atoms with van der Waals surface area (Å²) in [6, 6.07) is 4.81. The van der Waals surface area contributed by atoms with Crippen LogP contribution in [0.15, 0.2) is 18.2 Å². The number of halogens is 1. The van der Waals surface area contributed by atoms with Gasteiger partial charge in [0.25, 0.3) is 5.91 Å². The molecule has 2 N–H and O–H groups in total. The number of aromatic amines is 1. The molecule has 0 aliphatic rings. The fourth-order valence-corrected chi connectivity index (χ4v) is 1.54. The number of carbonyl (C=O) groups excluding carboxylic acids is 1. The summed E-state index contributed by atoms with van der Waals surface area (Å²) >= 11 is 5.59. The normalized spacial score (nSPS) is 10.3. The van der Waals surface area contributed by atoms with E-state index >= 15 is 0 Å². The second-order valence-electron chi connectivity index (χ2n) is 3.72. The van der Waals surface area contributed by atoms with Crippen LogP contribution in [0.5, 0.6) is 0 Å². The molecule has 1 amide bonds. The Hall–Kier alpha value is -1.95. The molecule has 0 atom stereocenters. The molecule has 2 aromatic rings. The van der Waals surface area contributed by atoms with E-state index in [1.165, 1.54) is 12.1 Å². The summed E-state index contributed by atoms with van der Waals surface area (Å²) in [5.41, 5.74) is 1.18. The highest BCUT2D eigenvalue weighted by atomic mass is 35.5. The van der Waals surface area contributed by atoms with Crippen molar-refractivity contribution in [1.82, 2.24) is 20.4 Å². The quantitative estimate of drug-likeness (QED) is 0.886. The second kappa shape index (κ2) is 5.59. The number of nitrogens with one attached hydrogen (secondary N) is 2. The van der Waals surface area contributed by atoms with Gasteiger partial charge in [0.1, 0.15) is 0 Å². The van der Waals surface area contributed by atoms with Gasteiger partial charge in [-0.05, 0) is 18.6 Å². The molecule has 0 aliphatic carbocycles. The molecule has 6 nitrogen and oxygen atoms in total. The van der Waals surface area contributed by atoms with E-state index in [0.717, 1.165) is 18.5 Å². The first kappa shape index (κ1) is 12.5. The van der Waals surface area contributed by atoms with Gasteiger partial charge in [-0.25, -0.2) is 0 Å². The van der Waals surface area contributed by atoms with Gasteiger partial charge in [-0.2, -0.15) is 5.10 Å². The van der Waals surface area contributed by atoms with Crippen molar-refractivity contribution in [3.8, 4) is 0 Å². The molecule has 94 valence electrons. The average Bonchev–Trinajstić information content (AvgIpc) is 2.78. The summed E-state index contributed by atoms with van der Waals surface area (Å²) in [5, 5.41) is 17.0. The number of H-pyrrole nitrogens is 1. The number of aryl methyl sites for hydroxylation is 1. The van der Waals surface area contributed by atoms with Crippen molar-refractivity contribution in [2.24, 2.45) is 0 Å². The Morgan fingerprint density at radius 3 is 2.94 bits per heavy atom. The second-order valence-corrected chi connectivity index (χ2v) is 4.11. The molecule has 0 spiro atoms. The molecular weight excluding hydrogens is 254 g/mol. The Balaban J connectivity index is 2.04. The fourth-order valence-electron chi connectivity index (χ4n) is 1.44. The Morgan fingerprint density at radius 2 is 2.28 bits per heavy atom. The van der Waals surface area contributed by atoms with Crippen LogP contribution < -0.4 is 5.32 Å². The zero-order chi connectivity index (χ0) is 13.0. The minimum Gasteiger partial charge on any atom is -0.304 e. The van der Waals surface area contributed by atoms with Crippen molar-refractivity contribution >= 4 is 23.3 Å². The molecule has 0 saturated heterocycles. The summed E-state index contributed by atoms with van der Waals surface area (Å²) in [4.78, 5) is 11.8. The van der Waals surface area contributed by atoms with Crippen LogP contribution in [0.2, 0.25) is 5.15 Å². The van der Waals surface area contributed by atoms with Crippen LogP contribution in [0.3, 0.4) is 0 Å². The summed E-state index contributed by atoms with van der Waals surface area (Å²) in [7, 11) is 0. The first-order valence-electron chi connectivity index (χ1n) is 5.54. The maximum atomic E-state index is 11.8. The highest BCUT2D eigenvalue weighted by Gasteiger charge is 2.10. The molecule has 18 heavy (non-hydrogen) atoms. The van der Waals surface area contributed by atoms with Gasteiger partial charge in [0.2, 0.25) is 0 Å². The van der Waals surface area contributed by atoms with E-state index in [1.54, 1.807) is 6.07 Å². The average molecular weight is 266 g/mol. The zero-order valence-electron chi connectivity index (χ0n) is 9.77. The van der Waals surface area contributed by atoms with Crippen LogP contribution in [-0.2, 0) is 6.42 Å². The first-order chi connectivity index (χ1) is 8.69. The molecular formula is C11H12ClN5O. The van der Waals surface area contributed by atoms with Crippen LogP contribution in [-0.4, -0.2) is 26.3 Å². The zero-order valence-corrected chi connectivity index (χ0v) is 10.5.